The van der Waals surface area contributed by atoms with Crippen LogP contribution in [0.5, 0.6) is 0 Å². The topological polar surface area (TPSA) is 78.4 Å². The van der Waals surface area contributed by atoms with Gasteiger partial charge in [0.15, 0.2) is 5.82 Å². The van der Waals surface area contributed by atoms with Gasteiger partial charge >= 0.3 is 5.92 Å². The Labute approximate surface area is 223 Å². The van der Waals surface area contributed by atoms with Gasteiger partial charge in [0.05, 0.1) is 23.5 Å². The third-order valence-corrected chi connectivity index (χ3v) is 6.71. The smallest absolute Gasteiger partial charge is 0.334 e. The highest BCUT2D eigenvalue weighted by atomic mass is 32.1. The number of fused-ring (bicyclic) bond motifs is 3. The number of aryl methyl sites for hydroxylation is 2. The van der Waals surface area contributed by atoms with Gasteiger partial charge < -0.3 is 9.88 Å². The predicted molar refractivity (Wildman–Crippen MR) is 142 cm³/mol. The van der Waals surface area contributed by atoms with Crippen molar-refractivity contribution >= 4 is 25.1 Å². The SMILES string of the molecule is Cc1cnc(Nc2ccnn2C)cc1-c1cc2n(c1)C[C@H](C)n1c-2nnc1C(F)(F)c1ccccc1F.S. The Morgan fingerprint density at radius 2 is 1.89 bits per heavy atom. The van der Waals surface area contributed by atoms with Crippen LogP contribution in [0.15, 0.2) is 61.1 Å². The second-order valence-corrected chi connectivity index (χ2v) is 9.24. The summed E-state index contributed by atoms with van der Waals surface area (Å²) in [7, 11) is 1.83. The maximum atomic E-state index is 15.5. The van der Waals surface area contributed by atoms with Crippen molar-refractivity contribution in [3.63, 3.8) is 0 Å². The van der Waals surface area contributed by atoms with Crippen molar-refractivity contribution in [2.24, 2.45) is 7.05 Å². The summed E-state index contributed by atoms with van der Waals surface area (Å²) < 4.78 is 50.4. The lowest BCUT2D eigenvalue weighted by Crippen LogP contribution is -2.28. The average molecular weight is 539 g/mol. The maximum absolute atomic E-state index is 15.5. The molecule has 0 saturated heterocycles. The highest BCUT2D eigenvalue weighted by molar-refractivity contribution is 7.59. The van der Waals surface area contributed by atoms with Gasteiger partial charge in [-0.05, 0) is 49.2 Å². The molecule has 8 nitrogen and oxygen atoms in total. The number of benzene rings is 1. The second-order valence-electron chi connectivity index (χ2n) is 9.24. The van der Waals surface area contributed by atoms with Crippen LogP contribution in [-0.2, 0) is 19.5 Å². The van der Waals surface area contributed by atoms with Crippen LogP contribution in [0, 0.1) is 12.7 Å². The third kappa shape index (κ3) is 4.05. The van der Waals surface area contributed by atoms with Crippen LogP contribution >= 0.6 is 13.5 Å². The molecule has 1 N–H and O–H groups in total. The van der Waals surface area contributed by atoms with Gasteiger partial charge in [-0.3, -0.25) is 9.25 Å². The summed E-state index contributed by atoms with van der Waals surface area (Å²) in [6, 6.07) is 10.2. The van der Waals surface area contributed by atoms with Crippen LogP contribution in [-0.4, -0.2) is 34.1 Å². The molecule has 0 radical (unpaired) electrons. The first-order valence-electron chi connectivity index (χ1n) is 11.7. The Kier molecular flexibility index (Phi) is 6.30. The van der Waals surface area contributed by atoms with E-state index in [1.807, 2.05) is 49.9 Å². The van der Waals surface area contributed by atoms with Gasteiger partial charge in [-0.25, -0.2) is 9.37 Å². The number of alkyl halides is 2. The van der Waals surface area contributed by atoms with E-state index in [1.54, 1.807) is 17.1 Å². The van der Waals surface area contributed by atoms with Crippen molar-refractivity contribution in [1.29, 1.82) is 0 Å². The van der Waals surface area contributed by atoms with E-state index in [-0.39, 0.29) is 19.5 Å². The van der Waals surface area contributed by atoms with Gasteiger partial charge in [-0.1, -0.05) is 12.1 Å². The normalized spacial score (nSPS) is 14.5. The van der Waals surface area contributed by atoms with Crippen molar-refractivity contribution < 1.29 is 13.2 Å². The van der Waals surface area contributed by atoms with E-state index in [0.29, 0.717) is 23.9 Å². The molecule has 6 rings (SSSR count). The molecule has 5 aromatic rings. The summed E-state index contributed by atoms with van der Waals surface area (Å²) in [6.07, 6.45) is 5.46. The standard InChI is InChI=1S/C26H23F3N8.H2S/c1-15-12-30-22(32-23-8-9-31-35(23)3)11-18(15)17-10-21-24-33-34-25(37(24)16(2)13-36(21)14-17)26(28,29)19-6-4-5-7-20(19)27;/h4-12,14,16H,13H2,1-3H3,(H,30,32);1H2/t16-;/m0./s1. The predicted octanol–water partition coefficient (Wildman–Crippen LogP) is 5.56. The van der Waals surface area contributed by atoms with E-state index in [1.165, 1.54) is 16.7 Å². The molecule has 0 spiro atoms. The van der Waals surface area contributed by atoms with Gasteiger partial charge in [0.25, 0.3) is 0 Å². The number of rotatable bonds is 5. The molecule has 1 atom stereocenters. The molecule has 1 aliphatic rings. The third-order valence-electron chi connectivity index (χ3n) is 6.71. The number of nitrogens with zero attached hydrogens (tertiary/aromatic N) is 7. The fourth-order valence-corrected chi connectivity index (χ4v) is 4.83. The van der Waals surface area contributed by atoms with E-state index >= 15 is 8.78 Å². The molecule has 4 aromatic heterocycles. The van der Waals surface area contributed by atoms with Crippen molar-refractivity contribution in [2.75, 3.05) is 5.32 Å². The average Bonchev–Trinajstić information content (AvgIpc) is 3.59. The summed E-state index contributed by atoms with van der Waals surface area (Å²) in [5.74, 6) is -3.44. The Balaban J connectivity index is 0.00000294. The molecule has 0 aliphatic carbocycles. The number of hydrogen-bond acceptors (Lipinski definition) is 5. The number of hydrogen-bond donors (Lipinski definition) is 1. The Hall–Kier alpha value is -4.06. The van der Waals surface area contributed by atoms with E-state index in [4.69, 9.17) is 0 Å². The minimum atomic E-state index is -3.64. The van der Waals surface area contributed by atoms with Crippen LogP contribution in [0.1, 0.15) is 29.9 Å². The summed E-state index contributed by atoms with van der Waals surface area (Å²) >= 11 is 0. The molecule has 196 valence electrons. The Morgan fingerprint density at radius 3 is 2.63 bits per heavy atom. The lowest BCUT2D eigenvalue weighted by Gasteiger charge is -2.27. The first-order valence-corrected chi connectivity index (χ1v) is 11.7. The van der Waals surface area contributed by atoms with E-state index < -0.39 is 23.1 Å². The molecule has 0 bridgehead atoms. The zero-order valence-electron chi connectivity index (χ0n) is 20.8. The van der Waals surface area contributed by atoms with Gasteiger partial charge in [-0.2, -0.15) is 27.4 Å². The second kappa shape index (κ2) is 9.35. The molecule has 0 amide bonds. The molecular weight excluding hydrogens is 513 g/mol. The van der Waals surface area contributed by atoms with Crippen LogP contribution in [0.25, 0.3) is 22.6 Å². The van der Waals surface area contributed by atoms with Crippen LogP contribution in [0.2, 0.25) is 0 Å². The van der Waals surface area contributed by atoms with Crippen molar-refractivity contribution in [3.05, 3.63) is 83.8 Å². The van der Waals surface area contributed by atoms with E-state index in [0.717, 1.165) is 34.6 Å². The first kappa shape index (κ1) is 25.6. The van der Waals surface area contributed by atoms with Gasteiger partial charge in [0.1, 0.15) is 17.5 Å². The minimum Gasteiger partial charge on any atom is -0.342 e. The quantitative estimate of drug-likeness (QED) is 0.317. The van der Waals surface area contributed by atoms with Crippen molar-refractivity contribution in [3.8, 4) is 22.6 Å². The lowest BCUT2D eigenvalue weighted by molar-refractivity contribution is 0.0231. The highest BCUT2D eigenvalue weighted by Crippen LogP contribution is 2.42. The minimum absolute atomic E-state index is 0. The van der Waals surface area contributed by atoms with Gasteiger partial charge in [0, 0.05) is 37.6 Å². The van der Waals surface area contributed by atoms with Crippen molar-refractivity contribution in [2.45, 2.75) is 32.4 Å². The monoisotopic (exact) mass is 538 g/mol. The Bertz CT molecular complexity index is 1640. The number of anilines is 2. The molecule has 1 aromatic carbocycles. The van der Waals surface area contributed by atoms with Crippen LogP contribution in [0.4, 0.5) is 24.8 Å². The fraction of sp³-hybridized carbons (Fsp3) is 0.231. The summed E-state index contributed by atoms with van der Waals surface area (Å²) in [4.78, 5) is 4.48. The number of halogens is 3. The molecular formula is C26H25F3N8S. The number of aromatic nitrogens is 7. The molecule has 1 aliphatic heterocycles. The number of nitrogens with one attached hydrogen (secondary N) is 1. The molecule has 12 heteroatoms. The zero-order valence-corrected chi connectivity index (χ0v) is 21.8. The highest BCUT2D eigenvalue weighted by Gasteiger charge is 2.44. The first-order chi connectivity index (χ1) is 17.7. The maximum Gasteiger partial charge on any atom is 0.334 e. The molecule has 38 heavy (non-hydrogen) atoms. The number of pyridine rings is 1. The molecule has 0 saturated carbocycles. The van der Waals surface area contributed by atoms with Crippen LogP contribution in [0.3, 0.4) is 0 Å². The fourth-order valence-electron chi connectivity index (χ4n) is 4.83. The van der Waals surface area contributed by atoms with Gasteiger partial charge in [0.2, 0.25) is 5.82 Å². The van der Waals surface area contributed by atoms with E-state index in [9.17, 15) is 4.39 Å². The zero-order chi connectivity index (χ0) is 25.9. The van der Waals surface area contributed by atoms with Crippen molar-refractivity contribution in [1.82, 2.24) is 34.1 Å². The summed E-state index contributed by atoms with van der Waals surface area (Å²) in [6.45, 7) is 4.22. The van der Waals surface area contributed by atoms with Gasteiger partial charge in [-0.15, -0.1) is 10.2 Å². The summed E-state index contributed by atoms with van der Waals surface area (Å²) in [5.41, 5.74) is 2.74. The van der Waals surface area contributed by atoms with E-state index in [2.05, 4.69) is 25.6 Å². The van der Waals surface area contributed by atoms with Crippen LogP contribution < -0.4 is 5.32 Å². The molecule has 0 fully saturated rings. The molecule has 5 heterocycles. The largest absolute Gasteiger partial charge is 0.342 e. The summed E-state index contributed by atoms with van der Waals surface area (Å²) in [5, 5.41) is 15.4. The molecule has 0 unspecified atom stereocenters. The lowest BCUT2D eigenvalue weighted by atomic mass is 10.0. The Morgan fingerprint density at radius 1 is 1.11 bits per heavy atom.